The van der Waals surface area contributed by atoms with E-state index in [1.165, 1.54) is 0 Å². The van der Waals surface area contributed by atoms with E-state index in [9.17, 15) is 0 Å². The van der Waals surface area contributed by atoms with Gasteiger partial charge in [-0.3, -0.25) is 0 Å². The SMILES string of the molecule is COc1cc(Nc2ccc3nnc(-c4ccsc4)n3n2)ccc1Br. The number of anilines is 2. The first-order valence-electron chi connectivity index (χ1n) is 7.10. The Hall–Kier alpha value is -2.45. The predicted molar refractivity (Wildman–Crippen MR) is 98.1 cm³/mol. The minimum absolute atomic E-state index is 0.697. The van der Waals surface area contributed by atoms with Gasteiger partial charge in [-0.15, -0.1) is 15.3 Å². The molecule has 0 saturated carbocycles. The summed E-state index contributed by atoms with van der Waals surface area (Å²) in [6.07, 6.45) is 0. The van der Waals surface area contributed by atoms with Gasteiger partial charge in [-0.05, 0) is 51.6 Å². The molecule has 0 radical (unpaired) electrons. The zero-order valence-corrected chi connectivity index (χ0v) is 15.0. The second kappa shape index (κ2) is 6.21. The van der Waals surface area contributed by atoms with E-state index >= 15 is 0 Å². The molecule has 0 amide bonds. The molecular weight excluding hydrogens is 390 g/mol. The Bertz CT molecular complexity index is 999. The van der Waals surface area contributed by atoms with Crippen molar-refractivity contribution >= 4 is 44.4 Å². The second-order valence-electron chi connectivity index (χ2n) is 5.00. The Morgan fingerprint density at radius 2 is 2.08 bits per heavy atom. The van der Waals surface area contributed by atoms with Gasteiger partial charge in [0.05, 0.1) is 11.6 Å². The Morgan fingerprint density at radius 1 is 1.17 bits per heavy atom. The molecule has 6 nitrogen and oxygen atoms in total. The van der Waals surface area contributed by atoms with Gasteiger partial charge in [-0.25, -0.2) is 0 Å². The van der Waals surface area contributed by atoms with Crippen LogP contribution in [0.1, 0.15) is 0 Å². The Labute approximate surface area is 150 Å². The van der Waals surface area contributed by atoms with Gasteiger partial charge in [0.1, 0.15) is 5.75 Å². The van der Waals surface area contributed by atoms with Crippen molar-refractivity contribution in [2.75, 3.05) is 12.4 Å². The van der Waals surface area contributed by atoms with Crippen molar-refractivity contribution in [3.8, 4) is 17.1 Å². The van der Waals surface area contributed by atoms with E-state index in [1.54, 1.807) is 23.0 Å². The molecule has 0 spiro atoms. The van der Waals surface area contributed by atoms with Crippen LogP contribution in [-0.4, -0.2) is 26.9 Å². The first-order chi connectivity index (χ1) is 11.7. The summed E-state index contributed by atoms with van der Waals surface area (Å²) in [7, 11) is 1.64. The third-order valence-corrected chi connectivity index (χ3v) is 4.80. The maximum absolute atomic E-state index is 5.32. The van der Waals surface area contributed by atoms with Crippen molar-refractivity contribution in [2.24, 2.45) is 0 Å². The summed E-state index contributed by atoms with van der Waals surface area (Å²) in [6.45, 7) is 0. The van der Waals surface area contributed by atoms with Gasteiger partial charge in [-0.2, -0.15) is 15.9 Å². The van der Waals surface area contributed by atoms with E-state index in [-0.39, 0.29) is 0 Å². The van der Waals surface area contributed by atoms with Crippen LogP contribution in [0, 0.1) is 0 Å². The average molecular weight is 402 g/mol. The highest BCUT2D eigenvalue weighted by Gasteiger charge is 2.10. The number of hydrogen-bond donors (Lipinski definition) is 1. The molecule has 0 aliphatic heterocycles. The third kappa shape index (κ3) is 2.74. The lowest BCUT2D eigenvalue weighted by molar-refractivity contribution is 0.412. The molecule has 0 unspecified atom stereocenters. The zero-order valence-electron chi connectivity index (χ0n) is 12.6. The van der Waals surface area contributed by atoms with Gasteiger partial charge in [-0.1, -0.05) is 0 Å². The fourth-order valence-corrected chi connectivity index (χ4v) is 3.36. The van der Waals surface area contributed by atoms with E-state index in [1.807, 2.05) is 47.2 Å². The molecule has 3 heterocycles. The van der Waals surface area contributed by atoms with Crippen LogP contribution >= 0.6 is 27.3 Å². The molecule has 0 aliphatic carbocycles. The largest absolute Gasteiger partial charge is 0.495 e. The van der Waals surface area contributed by atoms with Crippen LogP contribution in [0.5, 0.6) is 5.75 Å². The maximum Gasteiger partial charge on any atom is 0.186 e. The van der Waals surface area contributed by atoms with E-state index in [2.05, 4.69) is 36.5 Å². The lowest BCUT2D eigenvalue weighted by atomic mass is 10.3. The first kappa shape index (κ1) is 15.1. The molecule has 24 heavy (non-hydrogen) atoms. The monoisotopic (exact) mass is 401 g/mol. The van der Waals surface area contributed by atoms with E-state index < -0.39 is 0 Å². The van der Waals surface area contributed by atoms with Crippen LogP contribution < -0.4 is 10.1 Å². The molecule has 3 aromatic heterocycles. The number of nitrogens with zero attached hydrogens (tertiary/aromatic N) is 4. The molecule has 0 saturated heterocycles. The number of benzene rings is 1. The minimum atomic E-state index is 0.697. The molecule has 8 heteroatoms. The molecule has 120 valence electrons. The standard InChI is InChI=1S/C16H12BrN5OS/c1-23-13-8-11(2-3-12(13)17)18-14-4-5-15-19-20-16(22(15)21-14)10-6-7-24-9-10/h2-9H,1H3,(H,18,21). The first-order valence-corrected chi connectivity index (χ1v) is 8.84. The molecule has 1 aromatic carbocycles. The normalized spacial score (nSPS) is 10.9. The highest BCUT2D eigenvalue weighted by atomic mass is 79.9. The fraction of sp³-hybridized carbons (Fsp3) is 0.0625. The van der Waals surface area contributed by atoms with Crippen LogP contribution in [-0.2, 0) is 0 Å². The summed E-state index contributed by atoms with van der Waals surface area (Å²) in [5, 5.41) is 20.3. The summed E-state index contributed by atoms with van der Waals surface area (Å²) in [5.74, 6) is 2.18. The van der Waals surface area contributed by atoms with Crippen molar-refractivity contribution in [2.45, 2.75) is 0 Å². The summed E-state index contributed by atoms with van der Waals surface area (Å²) >= 11 is 5.06. The zero-order chi connectivity index (χ0) is 16.5. The Morgan fingerprint density at radius 3 is 2.88 bits per heavy atom. The number of hydrogen-bond acceptors (Lipinski definition) is 6. The number of ether oxygens (including phenoxy) is 1. The molecule has 4 rings (SSSR count). The smallest absolute Gasteiger partial charge is 0.186 e. The number of methoxy groups -OCH3 is 1. The number of aromatic nitrogens is 4. The van der Waals surface area contributed by atoms with Crippen LogP contribution in [0.15, 0.2) is 51.6 Å². The fourth-order valence-electron chi connectivity index (χ4n) is 2.31. The molecule has 4 aromatic rings. The molecule has 0 aliphatic rings. The molecule has 0 atom stereocenters. The summed E-state index contributed by atoms with van der Waals surface area (Å²) in [6, 6.07) is 11.5. The van der Waals surface area contributed by atoms with Crippen LogP contribution in [0.2, 0.25) is 0 Å². The van der Waals surface area contributed by atoms with Gasteiger partial charge in [0.25, 0.3) is 0 Å². The van der Waals surface area contributed by atoms with Crippen molar-refractivity contribution in [1.29, 1.82) is 0 Å². The second-order valence-corrected chi connectivity index (χ2v) is 6.63. The van der Waals surface area contributed by atoms with Gasteiger partial charge >= 0.3 is 0 Å². The van der Waals surface area contributed by atoms with Gasteiger partial charge in [0.2, 0.25) is 0 Å². The number of fused-ring (bicyclic) bond motifs is 1. The predicted octanol–water partition coefficient (Wildman–Crippen LogP) is 4.37. The highest BCUT2D eigenvalue weighted by Crippen LogP contribution is 2.29. The number of nitrogens with one attached hydrogen (secondary N) is 1. The van der Waals surface area contributed by atoms with Gasteiger partial charge in [0, 0.05) is 22.7 Å². The van der Waals surface area contributed by atoms with Crippen molar-refractivity contribution in [3.63, 3.8) is 0 Å². The highest BCUT2D eigenvalue weighted by molar-refractivity contribution is 9.10. The van der Waals surface area contributed by atoms with Crippen molar-refractivity contribution in [1.82, 2.24) is 19.8 Å². The topological polar surface area (TPSA) is 64.3 Å². The summed E-state index contributed by atoms with van der Waals surface area (Å²) < 4.78 is 7.95. The summed E-state index contributed by atoms with van der Waals surface area (Å²) in [4.78, 5) is 0. The van der Waals surface area contributed by atoms with Crippen molar-refractivity contribution < 1.29 is 4.74 Å². The number of rotatable bonds is 4. The van der Waals surface area contributed by atoms with Gasteiger partial charge < -0.3 is 10.1 Å². The summed E-state index contributed by atoms with van der Waals surface area (Å²) in [5.41, 5.74) is 2.59. The van der Waals surface area contributed by atoms with Crippen LogP contribution in [0.25, 0.3) is 17.0 Å². The maximum atomic E-state index is 5.32. The number of halogens is 1. The third-order valence-electron chi connectivity index (χ3n) is 3.47. The van der Waals surface area contributed by atoms with E-state index in [0.717, 1.165) is 27.3 Å². The lowest BCUT2D eigenvalue weighted by Crippen LogP contribution is -2.00. The van der Waals surface area contributed by atoms with E-state index in [0.29, 0.717) is 11.5 Å². The lowest BCUT2D eigenvalue weighted by Gasteiger charge is -2.09. The Balaban J connectivity index is 1.71. The molecule has 1 N–H and O–H groups in total. The van der Waals surface area contributed by atoms with Crippen molar-refractivity contribution in [3.05, 3.63) is 51.6 Å². The Kier molecular flexibility index (Phi) is 3.91. The molecule has 0 bridgehead atoms. The quantitative estimate of drug-likeness (QED) is 0.549. The number of thiophene rings is 1. The molecular formula is C16H12BrN5OS. The minimum Gasteiger partial charge on any atom is -0.495 e. The van der Waals surface area contributed by atoms with E-state index in [4.69, 9.17) is 4.74 Å². The molecule has 0 fully saturated rings. The van der Waals surface area contributed by atoms with Crippen LogP contribution in [0.4, 0.5) is 11.5 Å². The average Bonchev–Trinajstić information content (AvgIpc) is 3.25. The van der Waals surface area contributed by atoms with Crippen LogP contribution in [0.3, 0.4) is 0 Å². The van der Waals surface area contributed by atoms with Gasteiger partial charge in [0.15, 0.2) is 17.3 Å².